The highest BCUT2D eigenvalue weighted by molar-refractivity contribution is 5.90. The Bertz CT molecular complexity index is 743. The number of nitro benzene ring substituents is 1. The van der Waals surface area contributed by atoms with E-state index in [0.717, 1.165) is 11.3 Å². The molecule has 0 bridgehead atoms. The van der Waals surface area contributed by atoms with Crippen LogP contribution in [0.2, 0.25) is 0 Å². The van der Waals surface area contributed by atoms with Crippen LogP contribution in [0, 0.1) is 21.4 Å². The summed E-state index contributed by atoms with van der Waals surface area (Å²) in [5.74, 6) is 0.758. The van der Waals surface area contributed by atoms with Crippen molar-refractivity contribution in [1.82, 2.24) is 0 Å². The van der Waals surface area contributed by atoms with E-state index in [4.69, 9.17) is 4.74 Å². The van der Waals surface area contributed by atoms with Crippen molar-refractivity contribution in [2.45, 2.75) is 6.92 Å². The molecular formula is C17H14N2O3. The van der Waals surface area contributed by atoms with Crippen LogP contribution in [-0.2, 0) is 0 Å². The lowest BCUT2D eigenvalue weighted by molar-refractivity contribution is -0.384. The van der Waals surface area contributed by atoms with E-state index in [2.05, 4.69) is 6.07 Å². The number of non-ortho nitro benzene ring substituents is 1. The van der Waals surface area contributed by atoms with Gasteiger partial charge in [-0.25, -0.2) is 0 Å². The molecule has 0 unspecified atom stereocenters. The SMILES string of the molecule is CCOc1ccc(C=C(C#N)c2cccc([N+](=O)[O-])c2)cc1. The van der Waals surface area contributed by atoms with Crippen molar-refractivity contribution < 1.29 is 9.66 Å². The molecule has 0 radical (unpaired) electrons. The third-order valence-corrected chi connectivity index (χ3v) is 2.99. The van der Waals surface area contributed by atoms with Gasteiger partial charge in [-0.05, 0) is 36.3 Å². The Labute approximate surface area is 128 Å². The number of nitro groups is 1. The quantitative estimate of drug-likeness (QED) is 0.360. The van der Waals surface area contributed by atoms with Gasteiger partial charge in [0.2, 0.25) is 0 Å². The average molecular weight is 294 g/mol. The van der Waals surface area contributed by atoms with E-state index in [1.807, 2.05) is 31.2 Å². The van der Waals surface area contributed by atoms with Crippen molar-refractivity contribution in [2.24, 2.45) is 0 Å². The fraction of sp³-hybridized carbons (Fsp3) is 0.118. The van der Waals surface area contributed by atoms with E-state index < -0.39 is 4.92 Å². The minimum Gasteiger partial charge on any atom is -0.494 e. The smallest absolute Gasteiger partial charge is 0.270 e. The predicted molar refractivity (Wildman–Crippen MR) is 84.2 cm³/mol. The van der Waals surface area contributed by atoms with Gasteiger partial charge in [-0.15, -0.1) is 0 Å². The second-order valence-corrected chi connectivity index (χ2v) is 4.48. The molecule has 0 spiro atoms. The molecule has 0 atom stereocenters. The molecule has 0 saturated carbocycles. The molecule has 5 heteroatoms. The molecule has 0 aliphatic rings. The number of nitrogens with zero attached hydrogens (tertiary/aromatic N) is 2. The maximum Gasteiger partial charge on any atom is 0.270 e. The number of allylic oxidation sites excluding steroid dienone is 1. The number of ether oxygens (including phenoxy) is 1. The summed E-state index contributed by atoms with van der Waals surface area (Å²) in [5, 5.41) is 20.1. The zero-order valence-electron chi connectivity index (χ0n) is 12.0. The first-order chi connectivity index (χ1) is 10.6. The van der Waals surface area contributed by atoms with Crippen molar-refractivity contribution in [2.75, 3.05) is 6.61 Å². The first-order valence-electron chi connectivity index (χ1n) is 6.73. The van der Waals surface area contributed by atoms with E-state index >= 15 is 0 Å². The third-order valence-electron chi connectivity index (χ3n) is 2.99. The molecule has 0 aliphatic heterocycles. The van der Waals surface area contributed by atoms with Crippen molar-refractivity contribution in [3.8, 4) is 11.8 Å². The molecule has 0 N–H and O–H groups in total. The van der Waals surface area contributed by atoms with Crippen LogP contribution >= 0.6 is 0 Å². The standard InChI is InChI=1S/C17H14N2O3/c1-2-22-17-8-6-13(7-9-17)10-15(12-18)14-4-3-5-16(11-14)19(20)21/h3-11H,2H2,1H3. The zero-order chi connectivity index (χ0) is 15.9. The Hall–Kier alpha value is -3.13. The van der Waals surface area contributed by atoms with Crippen molar-refractivity contribution >= 4 is 17.3 Å². The molecule has 0 saturated heterocycles. The van der Waals surface area contributed by atoms with Crippen LogP contribution in [0.1, 0.15) is 18.1 Å². The van der Waals surface area contributed by atoms with Gasteiger partial charge < -0.3 is 4.74 Å². The number of hydrogen-bond acceptors (Lipinski definition) is 4. The Kier molecular flexibility index (Phi) is 4.89. The van der Waals surface area contributed by atoms with Crippen molar-refractivity contribution in [3.63, 3.8) is 0 Å². The average Bonchev–Trinajstić information content (AvgIpc) is 2.54. The Balaban J connectivity index is 2.33. The minimum atomic E-state index is -0.477. The highest BCUT2D eigenvalue weighted by Crippen LogP contribution is 2.23. The number of benzene rings is 2. The second-order valence-electron chi connectivity index (χ2n) is 4.48. The molecule has 2 rings (SSSR count). The summed E-state index contributed by atoms with van der Waals surface area (Å²) in [6.45, 7) is 2.50. The highest BCUT2D eigenvalue weighted by atomic mass is 16.6. The van der Waals surface area contributed by atoms with Gasteiger partial charge in [0.05, 0.1) is 23.2 Å². The fourth-order valence-electron chi connectivity index (χ4n) is 1.96. The van der Waals surface area contributed by atoms with Gasteiger partial charge in [-0.1, -0.05) is 24.3 Å². The van der Waals surface area contributed by atoms with E-state index in [1.165, 1.54) is 12.1 Å². The van der Waals surface area contributed by atoms with Gasteiger partial charge in [0.25, 0.3) is 5.69 Å². The van der Waals surface area contributed by atoms with Gasteiger partial charge in [0, 0.05) is 12.1 Å². The molecule has 0 aromatic heterocycles. The highest BCUT2D eigenvalue weighted by Gasteiger charge is 2.08. The molecule has 22 heavy (non-hydrogen) atoms. The summed E-state index contributed by atoms with van der Waals surface area (Å²) in [5.41, 5.74) is 1.68. The molecule has 0 heterocycles. The van der Waals surface area contributed by atoms with E-state index in [1.54, 1.807) is 18.2 Å². The molecule has 110 valence electrons. The summed E-state index contributed by atoms with van der Waals surface area (Å²) < 4.78 is 5.36. The van der Waals surface area contributed by atoms with Crippen LogP contribution in [0.5, 0.6) is 5.75 Å². The third kappa shape index (κ3) is 3.70. The predicted octanol–water partition coefficient (Wildman–Crippen LogP) is 4.06. The molecule has 2 aromatic carbocycles. The summed E-state index contributed by atoms with van der Waals surface area (Å²) >= 11 is 0. The molecular weight excluding hydrogens is 280 g/mol. The van der Waals surface area contributed by atoms with Crippen LogP contribution in [0.3, 0.4) is 0 Å². The minimum absolute atomic E-state index is 0.0367. The fourth-order valence-corrected chi connectivity index (χ4v) is 1.96. The van der Waals surface area contributed by atoms with E-state index in [0.29, 0.717) is 17.7 Å². The van der Waals surface area contributed by atoms with Gasteiger partial charge in [0.1, 0.15) is 5.75 Å². The van der Waals surface area contributed by atoms with Crippen LogP contribution in [0.4, 0.5) is 5.69 Å². The van der Waals surface area contributed by atoms with E-state index in [9.17, 15) is 15.4 Å². The lowest BCUT2D eigenvalue weighted by Gasteiger charge is -2.03. The van der Waals surface area contributed by atoms with Crippen molar-refractivity contribution in [3.05, 3.63) is 69.8 Å². The molecule has 0 amide bonds. The number of hydrogen-bond donors (Lipinski definition) is 0. The van der Waals surface area contributed by atoms with Crippen LogP contribution < -0.4 is 4.74 Å². The monoisotopic (exact) mass is 294 g/mol. The number of nitriles is 1. The molecule has 0 fully saturated rings. The largest absolute Gasteiger partial charge is 0.494 e. The molecule has 0 aliphatic carbocycles. The summed E-state index contributed by atoms with van der Waals surface area (Å²) in [6, 6.07) is 15.4. The first kappa shape index (κ1) is 15.3. The molecule has 2 aromatic rings. The maximum atomic E-state index is 10.8. The maximum absolute atomic E-state index is 10.8. The zero-order valence-corrected chi connectivity index (χ0v) is 12.0. The van der Waals surface area contributed by atoms with Crippen LogP contribution in [0.25, 0.3) is 11.6 Å². The topological polar surface area (TPSA) is 76.2 Å². The van der Waals surface area contributed by atoms with Gasteiger partial charge in [0.15, 0.2) is 0 Å². The van der Waals surface area contributed by atoms with Crippen molar-refractivity contribution in [1.29, 1.82) is 5.26 Å². The normalized spacial score (nSPS) is 10.8. The first-order valence-corrected chi connectivity index (χ1v) is 6.73. The molecule has 5 nitrogen and oxygen atoms in total. The summed E-state index contributed by atoms with van der Waals surface area (Å²) in [4.78, 5) is 10.3. The number of rotatable bonds is 5. The Morgan fingerprint density at radius 3 is 2.64 bits per heavy atom. The summed E-state index contributed by atoms with van der Waals surface area (Å²) in [7, 11) is 0. The van der Waals surface area contributed by atoms with Gasteiger partial charge in [-0.3, -0.25) is 10.1 Å². The second kappa shape index (κ2) is 7.04. The van der Waals surface area contributed by atoms with Crippen LogP contribution in [-0.4, -0.2) is 11.5 Å². The van der Waals surface area contributed by atoms with E-state index in [-0.39, 0.29) is 5.69 Å². The van der Waals surface area contributed by atoms with Gasteiger partial charge >= 0.3 is 0 Å². The Morgan fingerprint density at radius 1 is 1.32 bits per heavy atom. The summed E-state index contributed by atoms with van der Waals surface area (Å²) in [6.07, 6.45) is 1.69. The Morgan fingerprint density at radius 2 is 2.05 bits per heavy atom. The van der Waals surface area contributed by atoms with Crippen LogP contribution in [0.15, 0.2) is 48.5 Å². The lowest BCUT2D eigenvalue weighted by Crippen LogP contribution is -1.91. The van der Waals surface area contributed by atoms with Gasteiger partial charge in [-0.2, -0.15) is 5.26 Å². The lowest BCUT2D eigenvalue weighted by atomic mass is 10.0.